The number of carboxylic acid groups (broad SMARTS) is 1. The van der Waals surface area contributed by atoms with Crippen LogP contribution >= 0.6 is 0 Å². The number of rotatable bonds is 8. The summed E-state index contributed by atoms with van der Waals surface area (Å²) in [6.07, 6.45) is 1.70. The Labute approximate surface area is 140 Å². The summed E-state index contributed by atoms with van der Waals surface area (Å²) in [5.41, 5.74) is 1.61. The molecule has 0 bridgehead atoms. The molecular formula is C18H19NO5. The highest BCUT2D eigenvalue weighted by atomic mass is 16.5. The number of ether oxygens (including phenoxy) is 3. The Hall–Kier alpha value is -3.02. The second kappa shape index (κ2) is 8.57. The van der Waals surface area contributed by atoms with Crippen molar-refractivity contribution >= 4 is 17.9 Å². The third-order valence-corrected chi connectivity index (χ3v) is 3.05. The standard InChI is InChI=1S/C18H19NO5/c1-3-23-17-10-13(4-9-16(17)24-12-18(20)21)11-19-14-5-7-15(22-2)8-6-14/h4-11H,3,12H2,1-2H3,(H,20,21). The van der Waals surface area contributed by atoms with Crippen LogP contribution in [0.3, 0.4) is 0 Å². The first-order valence-corrected chi connectivity index (χ1v) is 7.42. The monoisotopic (exact) mass is 329 g/mol. The van der Waals surface area contributed by atoms with Gasteiger partial charge in [-0.1, -0.05) is 0 Å². The van der Waals surface area contributed by atoms with E-state index in [2.05, 4.69) is 4.99 Å². The summed E-state index contributed by atoms with van der Waals surface area (Å²) in [7, 11) is 1.61. The summed E-state index contributed by atoms with van der Waals surface area (Å²) >= 11 is 0. The van der Waals surface area contributed by atoms with Crippen LogP contribution in [0.5, 0.6) is 17.2 Å². The summed E-state index contributed by atoms with van der Waals surface area (Å²) in [6.45, 7) is 1.88. The molecule has 0 unspecified atom stereocenters. The lowest BCUT2D eigenvalue weighted by molar-refractivity contribution is -0.139. The second-order valence-electron chi connectivity index (χ2n) is 4.78. The molecule has 0 amide bonds. The Morgan fingerprint density at radius 3 is 2.50 bits per heavy atom. The number of nitrogens with zero attached hydrogens (tertiary/aromatic N) is 1. The first-order chi connectivity index (χ1) is 11.6. The van der Waals surface area contributed by atoms with Gasteiger partial charge >= 0.3 is 5.97 Å². The van der Waals surface area contributed by atoms with E-state index in [0.717, 1.165) is 17.0 Å². The fraction of sp³-hybridized carbons (Fsp3) is 0.222. The lowest BCUT2D eigenvalue weighted by Crippen LogP contribution is -2.10. The van der Waals surface area contributed by atoms with E-state index < -0.39 is 12.6 Å². The summed E-state index contributed by atoms with van der Waals surface area (Å²) in [5.74, 6) is 0.605. The van der Waals surface area contributed by atoms with Crippen LogP contribution in [-0.4, -0.2) is 37.6 Å². The molecule has 0 atom stereocenters. The maximum Gasteiger partial charge on any atom is 0.341 e. The molecule has 0 aliphatic rings. The van der Waals surface area contributed by atoms with Gasteiger partial charge in [0.2, 0.25) is 0 Å². The van der Waals surface area contributed by atoms with Crippen LogP contribution in [0, 0.1) is 0 Å². The van der Waals surface area contributed by atoms with Crippen molar-refractivity contribution in [2.75, 3.05) is 20.3 Å². The van der Waals surface area contributed by atoms with E-state index in [1.54, 1.807) is 31.5 Å². The van der Waals surface area contributed by atoms with Gasteiger partial charge in [0.1, 0.15) is 5.75 Å². The number of aliphatic imine (C=N–C) groups is 1. The third-order valence-electron chi connectivity index (χ3n) is 3.05. The first-order valence-electron chi connectivity index (χ1n) is 7.42. The summed E-state index contributed by atoms with van der Waals surface area (Å²) in [6, 6.07) is 12.6. The zero-order valence-electron chi connectivity index (χ0n) is 13.6. The van der Waals surface area contributed by atoms with Crippen LogP contribution < -0.4 is 14.2 Å². The van der Waals surface area contributed by atoms with Crippen molar-refractivity contribution in [3.63, 3.8) is 0 Å². The average Bonchev–Trinajstić information content (AvgIpc) is 2.59. The van der Waals surface area contributed by atoms with Gasteiger partial charge < -0.3 is 19.3 Å². The zero-order valence-corrected chi connectivity index (χ0v) is 13.6. The molecule has 126 valence electrons. The maximum atomic E-state index is 10.6. The Kier molecular flexibility index (Phi) is 6.19. The van der Waals surface area contributed by atoms with Crippen LogP contribution in [-0.2, 0) is 4.79 Å². The molecule has 0 aliphatic carbocycles. The first kappa shape index (κ1) is 17.3. The van der Waals surface area contributed by atoms with E-state index in [9.17, 15) is 4.79 Å². The molecule has 2 aromatic carbocycles. The predicted octanol–water partition coefficient (Wildman–Crippen LogP) is 3.31. The van der Waals surface area contributed by atoms with Gasteiger partial charge in [-0.25, -0.2) is 4.79 Å². The SMILES string of the molecule is CCOc1cc(C=Nc2ccc(OC)cc2)ccc1OCC(=O)O. The highest BCUT2D eigenvalue weighted by molar-refractivity contribution is 5.83. The average molecular weight is 329 g/mol. The van der Waals surface area contributed by atoms with Crippen molar-refractivity contribution in [3.05, 3.63) is 48.0 Å². The Bertz CT molecular complexity index is 710. The number of methoxy groups -OCH3 is 1. The molecule has 0 radical (unpaired) electrons. The summed E-state index contributed by atoms with van der Waals surface area (Å²) in [5, 5.41) is 8.70. The molecule has 6 nitrogen and oxygen atoms in total. The molecule has 2 rings (SSSR count). The van der Waals surface area contributed by atoms with Gasteiger partial charge in [0.25, 0.3) is 0 Å². The lowest BCUT2D eigenvalue weighted by atomic mass is 10.2. The fourth-order valence-electron chi connectivity index (χ4n) is 1.95. The smallest absolute Gasteiger partial charge is 0.341 e. The van der Waals surface area contributed by atoms with Crippen LogP contribution in [0.1, 0.15) is 12.5 Å². The zero-order chi connectivity index (χ0) is 17.4. The minimum atomic E-state index is -1.04. The maximum absolute atomic E-state index is 10.6. The highest BCUT2D eigenvalue weighted by Crippen LogP contribution is 2.28. The molecule has 0 fully saturated rings. The van der Waals surface area contributed by atoms with Gasteiger partial charge in [-0.15, -0.1) is 0 Å². The van der Waals surface area contributed by atoms with Crippen molar-refractivity contribution < 1.29 is 24.1 Å². The molecule has 0 aliphatic heterocycles. The largest absolute Gasteiger partial charge is 0.497 e. The van der Waals surface area contributed by atoms with Gasteiger partial charge in [-0.2, -0.15) is 0 Å². The molecule has 0 spiro atoms. The molecule has 6 heteroatoms. The number of benzene rings is 2. The molecule has 0 aromatic heterocycles. The van der Waals surface area contributed by atoms with Crippen molar-refractivity contribution in [2.45, 2.75) is 6.92 Å². The van der Waals surface area contributed by atoms with Crippen LogP contribution in [0.4, 0.5) is 5.69 Å². The summed E-state index contributed by atoms with van der Waals surface area (Å²) < 4.78 is 15.8. The molecule has 0 heterocycles. The quantitative estimate of drug-likeness (QED) is 0.752. The molecule has 2 aromatic rings. The van der Waals surface area contributed by atoms with Crippen molar-refractivity contribution in [1.82, 2.24) is 0 Å². The Morgan fingerprint density at radius 2 is 1.88 bits per heavy atom. The van der Waals surface area contributed by atoms with Crippen molar-refractivity contribution in [1.29, 1.82) is 0 Å². The van der Waals surface area contributed by atoms with E-state index in [1.165, 1.54) is 0 Å². The third kappa shape index (κ3) is 5.01. The lowest BCUT2D eigenvalue weighted by Gasteiger charge is -2.11. The van der Waals surface area contributed by atoms with Crippen molar-refractivity contribution in [2.24, 2.45) is 4.99 Å². The van der Waals surface area contributed by atoms with E-state index >= 15 is 0 Å². The number of hydrogen-bond acceptors (Lipinski definition) is 5. The topological polar surface area (TPSA) is 77.3 Å². The molecule has 24 heavy (non-hydrogen) atoms. The van der Waals surface area contributed by atoms with E-state index in [4.69, 9.17) is 19.3 Å². The number of hydrogen-bond donors (Lipinski definition) is 1. The minimum Gasteiger partial charge on any atom is -0.497 e. The number of aliphatic carboxylic acids is 1. The predicted molar refractivity (Wildman–Crippen MR) is 91.0 cm³/mol. The van der Waals surface area contributed by atoms with Crippen LogP contribution in [0.25, 0.3) is 0 Å². The van der Waals surface area contributed by atoms with Crippen LogP contribution in [0.2, 0.25) is 0 Å². The van der Waals surface area contributed by atoms with Gasteiger partial charge in [-0.05, 0) is 55.0 Å². The Morgan fingerprint density at radius 1 is 1.12 bits per heavy atom. The normalized spacial score (nSPS) is 10.6. The summed E-state index contributed by atoms with van der Waals surface area (Å²) in [4.78, 5) is 15.0. The van der Waals surface area contributed by atoms with Gasteiger partial charge in [-0.3, -0.25) is 4.99 Å². The number of carboxylic acids is 1. The fourth-order valence-corrected chi connectivity index (χ4v) is 1.95. The number of carbonyl (C=O) groups is 1. The van der Waals surface area contributed by atoms with Crippen LogP contribution in [0.15, 0.2) is 47.5 Å². The van der Waals surface area contributed by atoms with E-state index in [1.807, 2.05) is 31.2 Å². The second-order valence-corrected chi connectivity index (χ2v) is 4.78. The minimum absolute atomic E-state index is 0.390. The Balaban J connectivity index is 2.15. The molecule has 0 saturated heterocycles. The van der Waals surface area contributed by atoms with Gasteiger partial charge in [0, 0.05) is 6.21 Å². The molecule has 0 saturated carbocycles. The van der Waals surface area contributed by atoms with E-state index in [-0.39, 0.29) is 0 Å². The van der Waals surface area contributed by atoms with E-state index in [0.29, 0.717) is 18.1 Å². The van der Waals surface area contributed by atoms with Gasteiger partial charge in [0.15, 0.2) is 18.1 Å². The van der Waals surface area contributed by atoms with Gasteiger partial charge in [0.05, 0.1) is 19.4 Å². The molecule has 1 N–H and O–H groups in total. The highest BCUT2D eigenvalue weighted by Gasteiger charge is 2.08. The van der Waals surface area contributed by atoms with Crippen molar-refractivity contribution in [3.8, 4) is 17.2 Å². The molecular weight excluding hydrogens is 310 g/mol.